The van der Waals surface area contributed by atoms with E-state index in [2.05, 4.69) is 66.3 Å². The highest BCUT2D eigenvalue weighted by molar-refractivity contribution is 8.15. The van der Waals surface area contributed by atoms with Gasteiger partial charge in [0.15, 0.2) is 0 Å². The molecule has 6 bridgehead atoms. The van der Waals surface area contributed by atoms with E-state index >= 15 is 0 Å². The van der Waals surface area contributed by atoms with Gasteiger partial charge >= 0.3 is 12.0 Å². The molecule has 4 aromatic rings. The molecule has 2 fully saturated rings. The first-order valence-corrected chi connectivity index (χ1v) is 25.9. The number of carbonyl (C=O) groups excluding carboxylic acids is 5. The van der Waals surface area contributed by atoms with Crippen LogP contribution < -0.4 is 10.1 Å². The Kier molecular flexibility index (Phi) is 15.6. The molecule has 366 valence electrons. The monoisotopic (exact) mass is 969 g/mol. The molecular weight excluding hydrogens is 903 g/mol. The van der Waals surface area contributed by atoms with Crippen LogP contribution >= 0.6 is 22.0 Å². The van der Waals surface area contributed by atoms with Gasteiger partial charge in [-0.05, 0) is 87.6 Å². The van der Waals surface area contributed by atoms with Gasteiger partial charge in [-0.25, -0.2) is 15.2 Å². The van der Waals surface area contributed by atoms with Crippen molar-refractivity contribution in [2.45, 2.75) is 104 Å². The minimum Gasteiger partial charge on any atom is -0.464 e. The molecule has 2 N–H and O–H groups in total. The van der Waals surface area contributed by atoms with Crippen molar-refractivity contribution in [1.29, 1.82) is 0 Å². The third-order valence-corrected chi connectivity index (χ3v) is 15.8. The first kappa shape index (κ1) is 50.4. The second kappa shape index (κ2) is 21.1. The summed E-state index contributed by atoms with van der Waals surface area (Å²) in [6.07, 6.45) is 6.98. The van der Waals surface area contributed by atoms with Gasteiger partial charge in [-0.15, -0.1) is 11.3 Å². The van der Waals surface area contributed by atoms with Crippen molar-refractivity contribution in [3.05, 3.63) is 70.8 Å². The van der Waals surface area contributed by atoms with Crippen LogP contribution in [0.3, 0.4) is 0 Å². The molecule has 5 amide bonds. The molecule has 3 aliphatic rings. The number of aryl methyl sites for hydroxylation is 1. The van der Waals surface area contributed by atoms with Crippen molar-refractivity contribution < 1.29 is 33.4 Å². The van der Waals surface area contributed by atoms with E-state index in [-0.39, 0.29) is 48.9 Å². The van der Waals surface area contributed by atoms with Crippen LogP contribution in [0.15, 0.2) is 54.6 Å². The number of benzene rings is 1. The van der Waals surface area contributed by atoms with Crippen LogP contribution in [0.2, 0.25) is 0 Å². The van der Waals surface area contributed by atoms with Crippen LogP contribution in [0.25, 0.3) is 33.4 Å². The van der Waals surface area contributed by atoms with Crippen LogP contribution in [-0.4, -0.2) is 141 Å². The van der Waals surface area contributed by atoms with Gasteiger partial charge in [-0.2, -0.15) is 0 Å². The van der Waals surface area contributed by atoms with Gasteiger partial charge in [-0.3, -0.25) is 29.2 Å². The lowest BCUT2D eigenvalue weighted by Gasteiger charge is -2.36. The fourth-order valence-corrected chi connectivity index (χ4v) is 11.9. The predicted molar refractivity (Wildman–Crippen MR) is 269 cm³/mol. The third-order valence-electron chi connectivity index (χ3n) is 13.4. The molecule has 1 unspecified atom stereocenters. The van der Waals surface area contributed by atoms with Gasteiger partial charge in [-0.1, -0.05) is 51.0 Å². The Morgan fingerprint density at radius 2 is 1.91 bits per heavy atom. The Labute approximate surface area is 406 Å². The Bertz CT molecular complexity index is 2620. The number of nitrogens with one attached hydrogen (secondary N) is 2. The average molecular weight is 970 g/mol. The number of fused-ring (bicyclic) bond motifs is 6. The smallest absolute Gasteiger partial charge is 0.324 e. The summed E-state index contributed by atoms with van der Waals surface area (Å²) in [6, 6.07) is 8.25. The molecule has 0 saturated carbocycles. The average Bonchev–Trinajstić information content (AvgIpc) is 4.09. The van der Waals surface area contributed by atoms with Crippen LogP contribution in [0.1, 0.15) is 83.2 Å². The van der Waals surface area contributed by atoms with Crippen molar-refractivity contribution in [1.82, 2.24) is 44.4 Å². The summed E-state index contributed by atoms with van der Waals surface area (Å²) in [4.78, 5) is 84.4. The van der Waals surface area contributed by atoms with Crippen LogP contribution in [-0.2, 0) is 48.0 Å². The molecule has 18 heteroatoms. The zero-order valence-electron chi connectivity index (χ0n) is 41.1. The number of amides is 5. The number of carbonyl (C=O) groups is 5. The normalized spacial score (nSPS) is 20.7. The van der Waals surface area contributed by atoms with Crippen molar-refractivity contribution in [3.63, 3.8) is 0 Å². The second-order valence-electron chi connectivity index (χ2n) is 19.2. The van der Waals surface area contributed by atoms with Crippen molar-refractivity contribution in [3.8, 4) is 22.5 Å². The molecule has 5 atom stereocenters. The van der Waals surface area contributed by atoms with Crippen LogP contribution in [0.5, 0.6) is 0 Å². The van der Waals surface area contributed by atoms with Gasteiger partial charge < -0.3 is 33.5 Å². The van der Waals surface area contributed by atoms with Crippen molar-refractivity contribution >= 4 is 67.5 Å². The lowest BCUT2D eigenvalue weighted by Crippen LogP contribution is -2.57. The summed E-state index contributed by atoms with van der Waals surface area (Å²) in [5.74, 6) is -1.67. The maximum Gasteiger partial charge on any atom is 0.324 e. The van der Waals surface area contributed by atoms with E-state index in [4.69, 9.17) is 19.4 Å². The lowest BCUT2D eigenvalue weighted by atomic mass is 9.84. The lowest BCUT2D eigenvalue weighted by molar-refractivity contribution is -0.153. The van der Waals surface area contributed by atoms with E-state index in [0.717, 1.165) is 44.7 Å². The van der Waals surface area contributed by atoms with Gasteiger partial charge in [0.2, 0.25) is 5.91 Å². The van der Waals surface area contributed by atoms with E-state index in [1.165, 1.54) is 27.3 Å². The number of hydrazine groups is 1. The van der Waals surface area contributed by atoms with Crippen molar-refractivity contribution in [2.75, 3.05) is 53.7 Å². The van der Waals surface area contributed by atoms with Crippen LogP contribution in [0, 0.1) is 11.3 Å². The Morgan fingerprint density at radius 1 is 1.15 bits per heavy atom. The fourth-order valence-electron chi connectivity index (χ4n) is 9.69. The topological polar surface area (TPSA) is 172 Å². The fraction of sp³-hybridized carbons (Fsp3) is 0.520. The standard InChI is InChI=1S/C50H67N9O7S2/c1-12-42(60)57-23-20-33(27-57)55(8)49(64)56(9)44(30(3)4)46(61)54-68(11)40-25-41-52-38(28-67-41)32-18-19-39-35(24-32)36(45(58(39)13-2)34-16-14-21-51-43(34)31(5)65-10)26-50(6,7)29-66-48(63)37-17-15-22-59(53-37)47(40)62/h12,14,16,18-19,21,24,28,30-31,33,37,44,53H,1,13,15,17,20,22-23,25-27,29H2,2-11H3,(H,54,61)/t31-,33-,37-,44-,68?/m0/s1. The van der Waals surface area contributed by atoms with Gasteiger partial charge in [0.05, 0.1) is 45.7 Å². The summed E-state index contributed by atoms with van der Waals surface area (Å²) in [5, 5.41) is 5.22. The van der Waals surface area contributed by atoms with E-state index in [1.807, 2.05) is 32.2 Å². The third kappa shape index (κ3) is 10.4. The summed E-state index contributed by atoms with van der Waals surface area (Å²) >= 11 is 1.44. The molecule has 7 rings (SSSR count). The molecule has 0 spiro atoms. The number of hydrogen-bond donors (Lipinski definition) is 2. The summed E-state index contributed by atoms with van der Waals surface area (Å²) in [7, 11) is 3.83. The molecule has 3 aromatic heterocycles. The van der Waals surface area contributed by atoms with Gasteiger partial charge in [0.25, 0.3) is 11.8 Å². The molecule has 0 aliphatic carbocycles. The van der Waals surface area contributed by atoms with E-state index in [9.17, 15) is 24.0 Å². The number of methoxy groups -OCH3 is 1. The molecule has 2 saturated heterocycles. The number of aromatic nitrogens is 3. The highest BCUT2D eigenvalue weighted by atomic mass is 32.2. The molecule has 6 heterocycles. The number of likely N-dealkylation sites (tertiary alicyclic amines) is 1. The number of rotatable bonds is 10. The highest BCUT2D eigenvalue weighted by Crippen LogP contribution is 2.42. The highest BCUT2D eigenvalue weighted by Gasteiger charge is 2.38. The Hall–Kier alpha value is -5.43. The minimum atomic E-state index is -1.16. The zero-order chi connectivity index (χ0) is 49.2. The quantitative estimate of drug-likeness (QED) is 0.100. The molecule has 3 aliphatic heterocycles. The summed E-state index contributed by atoms with van der Waals surface area (Å²) in [6.45, 7) is 17.7. The number of likely N-dealkylation sites (N-methyl/N-ethyl adjacent to an activating group) is 2. The van der Waals surface area contributed by atoms with Gasteiger partial charge in [0.1, 0.15) is 12.1 Å². The molecule has 1 aromatic carbocycles. The maximum absolute atomic E-state index is 14.8. The number of thiazole rings is 1. The predicted octanol–water partition coefficient (Wildman–Crippen LogP) is 6.62. The van der Waals surface area contributed by atoms with E-state index in [1.54, 1.807) is 43.5 Å². The second-order valence-corrected chi connectivity index (χ2v) is 21.8. The Balaban J connectivity index is 1.27. The molecule has 68 heavy (non-hydrogen) atoms. The SMILES string of the molecule is C=CC(=O)N1CC[C@H](N(C)C(=O)N(C)[C@H](C(=O)N/S(C)=C2\Cc3nc(cs3)-c3ccc4c(c3)c(c(-c3cccnc3[C@H](C)OC)n4CC)CC(C)(C)COC(=O)[C@@H]3CCCN(N3)C2=O)C(C)C)C1. The number of hydrogen-bond acceptors (Lipinski definition) is 11. The number of nitrogens with zero attached hydrogens (tertiary/aromatic N) is 7. The first-order chi connectivity index (χ1) is 32.4. The number of urea groups is 1. The summed E-state index contributed by atoms with van der Waals surface area (Å²) in [5.41, 5.74) is 9.38. The Morgan fingerprint density at radius 3 is 2.62 bits per heavy atom. The minimum absolute atomic E-state index is 0.138. The summed E-state index contributed by atoms with van der Waals surface area (Å²) < 4.78 is 17.4. The van der Waals surface area contributed by atoms with Crippen molar-refractivity contribution in [2.24, 2.45) is 11.3 Å². The first-order valence-electron chi connectivity index (χ1n) is 23.4. The largest absolute Gasteiger partial charge is 0.464 e. The number of pyridine rings is 1. The molecular formula is C50H67N9O7S2. The van der Waals surface area contributed by atoms with E-state index < -0.39 is 40.0 Å². The van der Waals surface area contributed by atoms with Crippen LogP contribution in [0.4, 0.5) is 4.79 Å². The maximum atomic E-state index is 14.8. The number of esters is 1. The number of cyclic esters (lactones) is 1. The molecule has 0 radical (unpaired) electrons. The number of ether oxygens (including phenoxy) is 2. The zero-order valence-corrected chi connectivity index (χ0v) is 42.7. The van der Waals surface area contributed by atoms with Gasteiger partial charge in [0, 0.05) is 92.8 Å². The molecule has 16 nitrogen and oxygen atoms in total. The van der Waals surface area contributed by atoms with E-state index in [0.29, 0.717) is 61.7 Å².